The fourth-order valence-electron chi connectivity index (χ4n) is 3.70. The van der Waals surface area contributed by atoms with Crippen LogP contribution in [0.3, 0.4) is 0 Å². The molecule has 0 aliphatic rings. The Morgan fingerprint density at radius 3 is 2.37 bits per heavy atom. The summed E-state index contributed by atoms with van der Waals surface area (Å²) < 4.78 is 83.0. The first kappa shape index (κ1) is 26.8. The number of ether oxygens (including phenoxy) is 1. The van der Waals surface area contributed by atoms with Crippen LogP contribution in [0, 0.1) is 6.92 Å². The van der Waals surface area contributed by atoms with Crippen molar-refractivity contribution in [3.63, 3.8) is 0 Å². The van der Waals surface area contributed by atoms with Gasteiger partial charge in [0.25, 0.3) is 5.91 Å². The third-order valence-corrected chi connectivity index (χ3v) is 5.55. The van der Waals surface area contributed by atoms with E-state index >= 15 is 0 Å². The lowest BCUT2D eigenvalue weighted by Crippen LogP contribution is -2.26. The van der Waals surface area contributed by atoms with E-state index in [1.807, 2.05) is 19.1 Å². The van der Waals surface area contributed by atoms with E-state index in [-0.39, 0.29) is 18.7 Å². The van der Waals surface area contributed by atoms with Crippen molar-refractivity contribution in [3.05, 3.63) is 100 Å². The molecule has 38 heavy (non-hydrogen) atoms. The maximum absolute atomic E-state index is 13.6. The van der Waals surface area contributed by atoms with Crippen LogP contribution in [0.25, 0.3) is 0 Å². The van der Waals surface area contributed by atoms with Crippen molar-refractivity contribution < 1.29 is 35.9 Å². The van der Waals surface area contributed by atoms with Gasteiger partial charge in [0.2, 0.25) is 0 Å². The number of H-pyrrole nitrogens is 1. The summed E-state index contributed by atoms with van der Waals surface area (Å²) in [6.45, 7) is 1.57. The molecule has 0 bridgehead atoms. The van der Waals surface area contributed by atoms with Crippen molar-refractivity contribution in [2.75, 3.05) is 0 Å². The van der Waals surface area contributed by atoms with Crippen molar-refractivity contribution in [1.82, 2.24) is 25.3 Å². The van der Waals surface area contributed by atoms with Gasteiger partial charge in [0.05, 0.1) is 12.7 Å². The SMILES string of the molecule is Cc1cn[nH]c1Cc1ccc(Cn2cc(C(F)(F)F)c(C(=O)NCc3cccc(OC(F)(F)F)c3)n2)cc1. The van der Waals surface area contributed by atoms with Gasteiger partial charge in [-0.3, -0.25) is 14.6 Å². The van der Waals surface area contributed by atoms with Gasteiger partial charge in [0.15, 0.2) is 5.69 Å². The summed E-state index contributed by atoms with van der Waals surface area (Å²) in [4.78, 5) is 12.6. The Balaban J connectivity index is 1.45. The number of aromatic nitrogens is 4. The third kappa shape index (κ3) is 6.93. The zero-order valence-electron chi connectivity index (χ0n) is 19.8. The molecule has 7 nitrogen and oxygen atoms in total. The second-order valence-corrected chi connectivity index (χ2v) is 8.49. The van der Waals surface area contributed by atoms with Crippen LogP contribution in [0.4, 0.5) is 26.3 Å². The summed E-state index contributed by atoms with van der Waals surface area (Å²) in [7, 11) is 0. The van der Waals surface area contributed by atoms with Crippen LogP contribution in [-0.4, -0.2) is 32.2 Å². The predicted molar refractivity (Wildman–Crippen MR) is 123 cm³/mol. The summed E-state index contributed by atoms with van der Waals surface area (Å²) in [5.74, 6) is -1.64. The number of benzene rings is 2. The standard InChI is InChI=1S/C25H21F6N5O2/c1-15-11-33-34-21(15)10-16-5-7-17(8-6-16)13-36-14-20(24(26,27)28)22(35-36)23(37)32-12-18-3-2-4-19(9-18)38-25(29,30)31/h2-9,11,14H,10,12-13H2,1H3,(H,32,37)(H,33,34). The van der Waals surface area contributed by atoms with Crippen molar-refractivity contribution in [2.45, 2.75) is 39.0 Å². The zero-order chi connectivity index (χ0) is 27.5. The number of nitrogens with one attached hydrogen (secondary N) is 2. The molecule has 0 atom stereocenters. The summed E-state index contributed by atoms with van der Waals surface area (Å²) in [5.41, 5.74) is 1.73. The first-order valence-corrected chi connectivity index (χ1v) is 11.2. The maximum atomic E-state index is 13.6. The molecule has 2 N–H and O–H groups in total. The lowest BCUT2D eigenvalue weighted by Gasteiger charge is -2.11. The number of nitrogens with zero attached hydrogens (tertiary/aromatic N) is 3. The molecule has 13 heteroatoms. The van der Waals surface area contributed by atoms with Crippen LogP contribution in [-0.2, 0) is 25.7 Å². The number of alkyl halides is 6. The number of hydrogen-bond donors (Lipinski definition) is 2. The van der Waals surface area contributed by atoms with E-state index in [1.165, 1.54) is 12.1 Å². The Hall–Kier alpha value is -4.29. The van der Waals surface area contributed by atoms with Gasteiger partial charge in [0.1, 0.15) is 11.3 Å². The quantitative estimate of drug-likeness (QED) is 0.295. The second-order valence-electron chi connectivity index (χ2n) is 8.49. The van der Waals surface area contributed by atoms with E-state index in [4.69, 9.17) is 0 Å². The maximum Gasteiger partial charge on any atom is 0.573 e. The molecular weight excluding hydrogens is 516 g/mol. The van der Waals surface area contributed by atoms with Gasteiger partial charge in [-0.25, -0.2) is 0 Å². The van der Waals surface area contributed by atoms with E-state index in [9.17, 15) is 31.1 Å². The molecule has 0 saturated heterocycles. The van der Waals surface area contributed by atoms with Gasteiger partial charge < -0.3 is 10.1 Å². The molecule has 0 spiro atoms. The highest BCUT2D eigenvalue weighted by Gasteiger charge is 2.38. The van der Waals surface area contributed by atoms with Gasteiger partial charge in [-0.2, -0.15) is 23.4 Å². The van der Waals surface area contributed by atoms with Gasteiger partial charge in [-0.05, 0) is 41.3 Å². The molecule has 0 aliphatic heterocycles. The van der Waals surface area contributed by atoms with E-state index in [0.29, 0.717) is 12.0 Å². The van der Waals surface area contributed by atoms with Crippen molar-refractivity contribution >= 4 is 5.91 Å². The molecule has 0 aliphatic carbocycles. The highest BCUT2D eigenvalue weighted by Crippen LogP contribution is 2.32. The summed E-state index contributed by atoms with van der Waals surface area (Å²) in [6.07, 6.45) is -6.68. The fourth-order valence-corrected chi connectivity index (χ4v) is 3.70. The number of rotatable bonds is 8. The monoisotopic (exact) mass is 537 g/mol. The number of carbonyl (C=O) groups excluding carboxylic acids is 1. The van der Waals surface area contributed by atoms with Gasteiger partial charge >= 0.3 is 12.5 Å². The number of halogens is 6. The Morgan fingerprint density at radius 2 is 1.74 bits per heavy atom. The van der Waals surface area contributed by atoms with Crippen LogP contribution in [0.1, 0.15) is 44.0 Å². The topological polar surface area (TPSA) is 84.8 Å². The minimum absolute atomic E-state index is 0.0173. The first-order chi connectivity index (χ1) is 17.9. The van der Waals surface area contributed by atoms with Crippen LogP contribution < -0.4 is 10.1 Å². The smallest absolute Gasteiger partial charge is 0.406 e. The molecule has 2 aromatic carbocycles. The third-order valence-electron chi connectivity index (χ3n) is 5.55. The summed E-state index contributed by atoms with van der Waals surface area (Å²) in [6, 6.07) is 11.9. The van der Waals surface area contributed by atoms with Crippen LogP contribution in [0.15, 0.2) is 60.9 Å². The number of aromatic amines is 1. The second kappa shape index (κ2) is 10.6. The zero-order valence-corrected chi connectivity index (χ0v) is 19.8. The van der Waals surface area contributed by atoms with E-state index in [2.05, 4.69) is 25.3 Å². The molecule has 4 rings (SSSR count). The van der Waals surface area contributed by atoms with E-state index < -0.39 is 35.5 Å². The lowest BCUT2D eigenvalue weighted by atomic mass is 10.1. The average Bonchev–Trinajstić information content (AvgIpc) is 3.44. The Labute approximate surface area is 212 Å². The van der Waals surface area contributed by atoms with Crippen LogP contribution >= 0.6 is 0 Å². The molecule has 1 amide bonds. The Morgan fingerprint density at radius 1 is 1.03 bits per heavy atom. The molecule has 0 unspecified atom stereocenters. The number of hydrogen-bond acceptors (Lipinski definition) is 4. The molecule has 0 saturated carbocycles. The summed E-state index contributed by atoms with van der Waals surface area (Å²) in [5, 5.41) is 13.0. The van der Waals surface area contributed by atoms with Gasteiger partial charge in [-0.15, -0.1) is 13.2 Å². The average molecular weight is 537 g/mol. The molecular formula is C25H21F6N5O2. The molecule has 2 heterocycles. The van der Waals surface area contributed by atoms with Gasteiger partial charge in [0, 0.05) is 24.9 Å². The van der Waals surface area contributed by atoms with Crippen LogP contribution in [0.5, 0.6) is 5.75 Å². The van der Waals surface area contributed by atoms with Crippen LogP contribution in [0.2, 0.25) is 0 Å². The number of carbonyl (C=O) groups is 1. The number of amides is 1. The highest BCUT2D eigenvalue weighted by molar-refractivity contribution is 5.93. The Bertz CT molecular complexity index is 1410. The first-order valence-electron chi connectivity index (χ1n) is 11.2. The predicted octanol–water partition coefficient (Wildman–Crippen LogP) is 5.40. The highest BCUT2D eigenvalue weighted by atomic mass is 19.4. The molecule has 0 fully saturated rings. The lowest BCUT2D eigenvalue weighted by molar-refractivity contribution is -0.274. The molecule has 2 aromatic heterocycles. The molecule has 4 aromatic rings. The summed E-state index contributed by atoms with van der Waals surface area (Å²) >= 11 is 0. The van der Waals surface area contributed by atoms with Gasteiger partial charge in [-0.1, -0.05) is 36.4 Å². The minimum Gasteiger partial charge on any atom is -0.406 e. The number of aryl methyl sites for hydroxylation is 1. The van der Waals surface area contributed by atoms with Crippen molar-refractivity contribution in [3.8, 4) is 5.75 Å². The molecule has 200 valence electrons. The minimum atomic E-state index is -4.91. The Kier molecular flexibility index (Phi) is 7.46. The molecule has 0 radical (unpaired) electrons. The fraction of sp³-hybridized carbons (Fsp3) is 0.240. The van der Waals surface area contributed by atoms with E-state index in [0.717, 1.165) is 39.8 Å². The van der Waals surface area contributed by atoms with Crippen molar-refractivity contribution in [1.29, 1.82) is 0 Å². The normalized spacial score (nSPS) is 12.0. The van der Waals surface area contributed by atoms with Crippen molar-refractivity contribution in [2.24, 2.45) is 0 Å². The van der Waals surface area contributed by atoms with E-state index in [1.54, 1.807) is 18.3 Å². The largest absolute Gasteiger partial charge is 0.573 e.